The molecule has 3 rings (SSSR count). The Bertz CT molecular complexity index is 784. The molecule has 2 aromatic rings. The molecule has 124 valence electrons. The van der Waals surface area contributed by atoms with Gasteiger partial charge in [-0.2, -0.15) is 4.98 Å². The van der Waals surface area contributed by atoms with Crippen LogP contribution >= 0.6 is 0 Å². The summed E-state index contributed by atoms with van der Waals surface area (Å²) in [7, 11) is 1.32. The summed E-state index contributed by atoms with van der Waals surface area (Å²) in [5, 5.41) is 0. The molecule has 0 radical (unpaired) electrons. The van der Waals surface area contributed by atoms with E-state index >= 15 is 0 Å². The highest BCUT2D eigenvalue weighted by Gasteiger charge is 2.34. The second-order valence-electron chi connectivity index (χ2n) is 5.24. The van der Waals surface area contributed by atoms with Gasteiger partial charge in [-0.1, -0.05) is 6.92 Å². The quantitative estimate of drug-likeness (QED) is 0.801. The van der Waals surface area contributed by atoms with Crippen LogP contribution < -0.4 is 11.3 Å². The lowest BCUT2D eigenvalue weighted by molar-refractivity contribution is -0.0778. The summed E-state index contributed by atoms with van der Waals surface area (Å²) in [4.78, 5) is 36.1. The van der Waals surface area contributed by atoms with E-state index in [1.165, 1.54) is 18.3 Å². The van der Waals surface area contributed by atoms with Crippen LogP contribution in [0.15, 0.2) is 11.1 Å². The lowest BCUT2D eigenvalue weighted by Crippen LogP contribution is -2.49. The van der Waals surface area contributed by atoms with Crippen LogP contribution in [0, 0.1) is 0 Å². The van der Waals surface area contributed by atoms with Crippen molar-refractivity contribution in [2.24, 2.45) is 0 Å². The number of carbonyl (C=O) groups excluding carboxylic acids is 1. The fourth-order valence-corrected chi connectivity index (χ4v) is 2.66. The number of methoxy groups -OCH3 is 1. The van der Waals surface area contributed by atoms with Crippen LogP contribution in [0.4, 0.5) is 10.7 Å². The molecule has 0 aliphatic carbocycles. The van der Waals surface area contributed by atoms with Gasteiger partial charge < -0.3 is 15.2 Å². The van der Waals surface area contributed by atoms with Crippen LogP contribution in [0.5, 0.6) is 0 Å². The normalized spacial score (nSPS) is 21.6. The first-order valence-corrected chi connectivity index (χ1v) is 7.23. The Hall–Kier alpha value is -2.62. The number of nitrogens with zero attached hydrogens (tertiary/aromatic N) is 4. The molecular weight excluding hydrogens is 304 g/mol. The van der Waals surface area contributed by atoms with Crippen molar-refractivity contribution in [2.45, 2.75) is 25.6 Å². The van der Waals surface area contributed by atoms with Gasteiger partial charge in [0.2, 0.25) is 5.95 Å². The number of hydrogen-bond donors (Lipinski definition) is 2. The van der Waals surface area contributed by atoms with Gasteiger partial charge in [0.15, 0.2) is 11.2 Å². The highest BCUT2D eigenvalue weighted by molar-refractivity contribution is 5.72. The molecule has 3 heterocycles. The fourth-order valence-electron chi connectivity index (χ4n) is 2.66. The maximum atomic E-state index is 12.1. The Kier molecular flexibility index (Phi) is 3.90. The number of amides is 1. The van der Waals surface area contributed by atoms with Crippen molar-refractivity contribution in [3.8, 4) is 0 Å². The summed E-state index contributed by atoms with van der Waals surface area (Å²) in [5.74, 6) is -0.0166. The van der Waals surface area contributed by atoms with E-state index in [4.69, 9.17) is 15.2 Å². The highest BCUT2D eigenvalue weighted by atomic mass is 16.5. The van der Waals surface area contributed by atoms with Crippen LogP contribution in [0.3, 0.4) is 0 Å². The minimum Gasteiger partial charge on any atom is -0.453 e. The summed E-state index contributed by atoms with van der Waals surface area (Å²) in [6.07, 6.45) is 1.17. The van der Waals surface area contributed by atoms with Gasteiger partial charge in [0.1, 0.15) is 6.17 Å². The SMILES string of the molecule is CC[C@@H]1CN(C(=O)OC)C(n2cnc3c(=O)[nH]c(N)nc32)CO1. The predicted octanol–water partition coefficient (Wildman–Crippen LogP) is 0.0776. The molecular formula is C13H18N6O4. The summed E-state index contributed by atoms with van der Waals surface area (Å²) in [6.45, 7) is 2.61. The van der Waals surface area contributed by atoms with Gasteiger partial charge in [-0.15, -0.1) is 0 Å². The topological polar surface area (TPSA) is 128 Å². The molecule has 0 aromatic carbocycles. The van der Waals surface area contributed by atoms with Crippen LogP contribution in [0.1, 0.15) is 19.5 Å². The lowest BCUT2D eigenvalue weighted by Gasteiger charge is -2.38. The third-order valence-electron chi connectivity index (χ3n) is 3.88. The minimum absolute atomic E-state index is 0.0166. The third kappa shape index (κ3) is 2.61. The van der Waals surface area contributed by atoms with E-state index in [2.05, 4.69) is 15.0 Å². The number of aromatic nitrogens is 4. The molecule has 2 aromatic heterocycles. The molecule has 2 atom stereocenters. The molecule has 3 N–H and O–H groups in total. The number of nitrogens with two attached hydrogens (primary N) is 1. The van der Waals surface area contributed by atoms with Gasteiger partial charge in [-0.05, 0) is 6.42 Å². The van der Waals surface area contributed by atoms with Crippen molar-refractivity contribution in [1.29, 1.82) is 0 Å². The van der Waals surface area contributed by atoms with Gasteiger partial charge in [-0.3, -0.25) is 19.2 Å². The zero-order valence-corrected chi connectivity index (χ0v) is 12.9. The number of anilines is 1. The van der Waals surface area contributed by atoms with Crippen molar-refractivity contribution >= 4 is 23.2 Å². The van der Waals surface area contributed by atoms with Gasteiger partial charge >= 0.3 is 6.09 Å². The zero-order valence-electron chi connectivity index (χ0n) is 12.9. The van der Waals surface area contributed by atoms with Gasteiger partial charge in [-0.25, -0.2) is 9.78 Å². The second-order valence-corrected chi connectivity index (χ2v) is 5.24. The molecule has 0 saturated carbocycles. The molecule has 0 bridgehead atoms. The number of aromatic amines is 1. The zero-order chi connectivity index (χ0) is 16.6. The van der Waals surface area contributed by atoms with E-state index in [9.17, 15) is 9.59 Å². The average Bonchev–Trinajstić information content (AvgIpc) is 2.97. The molecule has 1 amide bonds. The predicted molar refractivity (Wildman–Crippen MR) is 80.7 cm³/mol. The van der Waals surface area contributed by atoms with Crippen LogP contribution in [-0.4, -0.2) is 56.9 Å². The summed E-state index contributed by atoms with van der Waals surface area (Å²) in [6, 6.07) is 0. The number of morpholine rings is 1. The van der Waals surface area contributed by atoms with E-state index in [-0.39, 0.29) is 24.2 Å². The van der Waals surface area contributed by atoms with E-state index in [1.54, 1.807) is 4.57 Å². The van der Waals surface area contributed by atoms with E-state index in [0.717, 1.165) is 6.42 Å². The Morgan fingerprint density at radius 1 is 1.61 bits per heavy atom. The smallest absolute Gasteiger partial charge is 0.411 e. The Morgan fingerprint density at radius 3 is 3.09 bits per heavy atom. The first-order valence-electron chi connectivity index (χ1n) is 7.23. The van der Waals surface area contributed by atoms with Gasteiger partial charge in [0, 0.05) is 0 Å². The molecule has 0 spiro atoms. The molecule has 23 heavy (non-hydrogen) atoms. The maximum absolute atomic E-state index is 12.1. The van der Waals surface area contributed by atoms with E-state index in [1.807, 2.05) is 6.92 Å². The van der Waals surface area contributed by atoms with Crippen molar-refractivity contribution in [1.82, 2.24) is 24.4 Å². The maximum Gasteiger partial charge on any atom is 0.411 e. The summed E-state index contributed by atoms with van der Waals surface area (Å²) < 4.78 is 12.2. The highest BCUT2D eigenvalue weighted by Crippen LogP contribution is 2.25. The number of ether oxygens (including phenoxy) is 2. The number of fused-ring (bicyclic) bond motifs is 1. The van der Waals surface area contributed by atoms with E-state index in [0.29, 0.717) is 12.2 Å². The van der Waals surface area contributed by atoms with Crippen molar-refractivity contribution in [3.63, 3.8) is 0 Å². The number of imidazole rings is 1. The minimum atomic E-state index is -0.510. The number of H-pyrrole nitrogens is 1. The number of hydrogen-bond acceptors (Lipinski definition) is 7. The molecule has 1 aliphatic rings. The Labute approximate surface area is 131 Å². The second kappa shape index (κ2) is 5.88. The number of carbonyl (C=O) groups is 1. The lowest BCUT2D eigenvalue weighted by atomic mass is 10.2. The number of nitrogen functional groups attached to an aromatic ring is 1. The Morgan fingerprint density at radius 2 is 2.39 bits per heavy atom. The molecule has 1 saturated heterocycles. The third-order valence-corrected chi connectivity index (χ3v) is 3.88. The van der Waals surface area contributed by atoms with Crippen LogP contribution in [-0.2, 0) is 9.47 Å². The van der Waals surface area contributed by atoms with Crippen molar-refractivity contribution in [3.05, 3.63) is 16.7 Å². The van der Waals surface area contributed by atoms with Gasteiger partial charge in [0.05, 0.1) is 32.7 Å². The monoisotopic (exact) mass is 322 g/mol. The summed E-state index contributed by atoms with van der Waals surface area (Å²) >= 11 is 0. The van der Waals surface area contributed by atoms with Crippen LogP contribution in [0.25, 0.3) is 11.2 Å². The Balaban J connectivity index is 2.05. The van der Waals surface area contributed by atoms with Crippen molar-refractivity contribution < 1.29 is 14.3 Å². The molecule has 1 aliphatic heterocycles. The number of rotatable bonds is 2. The van der Waals surface area contributed by atoms with Gasteiger partial charge in [0.25, 0.3) is 5.56 Å². The molecule has 10 heteroatoms. The molecule has 10 nitrogen and oxygen atoms in total. The number of nitrogens with one attached hydrogen (secondary N) is 1. The average molecular weight is 322 g/mol. The fraction of sp³-hybridized carbons (Fsp3) is 0.538. The van der Waals surface area contributed by atoms with E-state index < -0.39 is 17.8 Å². The molecule has 1 unspecified atom stereocenters. The van der Waals surface area contributed by atoms with Crippen molar-refractivity contribution in [2.75, 3.05) is 26.0 Å². The first-order chi connectivity index (χ1) is 11.0. The molecule has 1 fully saturated rings. The standard InChI is InChI=1S/C13H18N6O4/c1-3-7-4-18(13(21)22-2)8(5-23-7)19-6-15-9-10(19)16-12(14)17-11(9)20/h6-8H,3-5H2,1-2H3,(H3,14,16,17,20)/t7-,8?/m1/s1. The summed E-state index contributed by atoms with van der Waals surface area (Å²) in [5.41, 5.74) is 5.62. The largest absolute Gasteiger partial charge is 0.453 e. The van der Waals surface area contributed by atoms with Crippen LogP contribution in [0.2, 0.25) is 0 Å². The first kappa shape index (κ1) is 15.3.